The minimum Gasteiger partial charge on any atom is -0.321 e. The zero-order chi connectivity index (χ0) is 11.7. The standard InChI is InChI=1S/C9H9ClIN5/c1-5(12)9-13-14-15-16(9)8-3-2-6(11)4-7(8)10/h2-5H,12H2,1H3. The van der Waals surface area contributed by atoms with E-state index in [2.05, 4.69) is 38.1 Å². The Morgan fingerprint density at radius 1 is 1.50 bits per heavy atom. The summed E-state index contributed by atoms with van der Waals surface area (Å²) in [6, 6.07) is 5.41. The Balaban J connectivity index is 2.54. The fourth-order valence-electron chi connectivity index (χ4n) is 1.30. The Hall–Kier alpha value is -0.730. The first kappa shape index (κ1) is 11.7. The Morgan fingerprint density at radius 3 is 2.88 bits per heavy atom. The topological polar surface area (TPSA) is 69.6 Å². The average Bonchev–Trinajstić information content (AvgIpc) is 2.66. The molecule has 7 heteroatoms. The van der Waals surface area contributed by atoms with E-state index < -0.39 is 0 Å². The molecular weight excluding hydrogens is 340 g/mol. The molecule has 1 atom stereocenters. The van der Waals surface area contributed by atoms with Crippen molar-refractivity contribution in [3.8, 4) is 5.69 Å². The smallest absolute Gasteiger partial charge is 0.173 e. The van der Waals surface area contributed by atoms with Crippen molar-refractivity contribution in [3.05, 3.63) is 32.6 Å². The lowest BCUT2D eigenvalue weighted by Crippen LogP contribution is -2.13. The highest BCUT2D eigenvalue weighted by atomic mass is 127. The van der Waals surface area contributed by atoms with Crippen LogP contribution in [0.2, 0.25) is 5.02 Å². The summed E-state index contributed by atoms with van der Waals surface area (Å²) < 4.78 is 2.62. The summed E-state index contributed by atoms with van der Waals surface area (Å²) in [4.78, 5) is 0. The van der Waals surface area contributed by atoms with E-state index in [1.54, 1.807) is 4.68 Å². The largest absolute Gasteiger partial charge is 0.321 e. The molecule has 0 aliphatic heterocycles. The molecule has 0 saturated heterocycles. The van der Waals surface area contributed by atoms with Crippen LogP contribution < -0.4 is 5.73 Å². The lowest BCUT2D eigenvalue weighted by atomic mass is 10.3. The van der Waals surface area contributed by atoms with E-state index in [-0.39, 0.29) is 6.04 Å². The van der Waals surface area contributed by atoms with Crippen molar-refractivity contribution in [1.82, 2.24) is 20.2 Å². The van der Waals surface area contributed by atoms with Crippen molar-refractivity contribution in [1.29, 1.82) is 0 Å². The van der Waals surface area contributed by atoms with Crippen LogP contribution in [0.1, 0.15) is 18.8 Å². The monoisotopic (exact) mass is 349 g/mol. The van der Waals surface area contributed by atoms with Gasteiger partial charge >= 0.3 is 0 Å². The summed E-state index contributed by atoms with van der Waals surface area (Å²) in [5.74, 6) is 0.586. The first-order valence-corrected chi connectivity index (χ1v) is 6.04. The molecule has 2 rings (SSSR count). The van der Waals surface area contributed by atoms with Crippen molar-refractivity contribution in [2.24, 2.45) is 5.73 Å². The molecule has 0 saturated carbocycles. The molecule has 0 fully saturated rings. The van der Waals surface area contributed by atoms with Gasteiger partial charge in [0, 0.05) is 3.57 Å². The van der Waals surface area contributed by atoms with Crippen LogP contribution in [0.15, 0.2) is 18.2 Å². The van der Waals surface area contributed by atoms with Crippen LogP contribution in [-0.4, -0.2) is 20.2 Å². The second kappa shape index (κ2) is 4.64. The lowest BCUT2D eigenvalue weighted by molar-refractivity contribution is 0.688. The third kappa shape index (κ3) is 2.18. The van der Waals surface area contributed by atoms with Crippen LogP contribution in [0, 0.1) is 3.57 Å². The SMILES string of the molecule is CC(N)c1nnnn1-c1ccc(I)cc1Cl. The number of nitrogens with two attached hydrogens (primary N) is 1. The molecule has 16 heavy (non-hydrogen) atoms. The number of rotatable bonds is 2. The van der Waals surface area contributed by atoms with Gasteiger partial charge in [0.15, 0.2) is 5.82 Å². The van der Waals surface area contributed by atoms with E-state index in [1.165, 1.54) is 0 Å². The van der Waals surface area contributed by atoms with Gasteiger partial charge in [-0.3, -0.25) is 0 Å². The van der Waals surface area contributed by atoms with Crippen LogP contribution in [0.5, 0.6) is 0 Å². The second-order valence-electron chi connectivity index (χ2n) is 3.33. The molecule has 1 aromatic carbocycles. The molecule has 1 unspecified atom stereocenters. The summed E-state index contributed by atoms with van der Waals surface area (Å²) in [5.41, 5.74) is 6.50. The van der Waals surface area contributed by atoms with Gasteiger partial charge in [-0.2, -0.15) is 4.68 Å². The second-order valence-corrected chi connectivity index (χ2v) is 4.99. The highest BCUT2D eigenvalue weighted by Gasteiger charge is 2.14. The number of hydrogen-bond donors (Lipinski definition) is 1. The fraction of sp³-hybridized carbons (Fsp3) is 0.222. The molecule has 5 nitrogen and oxygen atoms in total. The zero-order valence-corrected chi connectivity index (χ0v) is 11.3. The number of nitrogens with zero attached hydrogens (tertiary/aromatic N) is 4. The molecule has 0 aliphatic rings. The van der Waals surface area contributed by atoms with E-state index in [0.717, 1.165) is 9.26 Å². The number of aromatic nitrogens is 4. The predicted octanol–water partition coefficient (Wildman–Crippen LogP) is 1.94. The van der Waals surface area contributed by atoms with Crippen molar-refractivity contribution in [2.45, 2.75) is 13.0 Å². The molecule has 0 radical (unpaired) electrons. The molecule has 84 valence electrons. The maximum atomic E-state index is 6.14. The molecule has 0 aliphatic carbocycles. The summed E-state index contributed by atoms with van der Waals surface area (Å²) in [6.07, 6.45) is 0. The molecule has 1 heterocycles. The van der Waals surface area contributed by atoms with E-state index in [4.69, 9.17) is 17.3 Å². The summed E-state index contributed by atoms with van der Waals surface area (Å²) in [6.45, 7) is 1.82. The highest BCUT2D eigenvalue weighted by molar-refractivity contribution is 14.1. The fourth-order valence-corrected chi connectivity index (χ4v) is 2.24. The Kier molecular flexibility index (Phi) is 3.41. The quantitative estimate of drug-likeness (QED) is 0.841. The van der Waals surface area contributed by atoms with E-state index >= 15 is 0 Å². The van der Waals surface area contributed by atoms with Gasteiger partial charge < -0.3 is 5.73 Å². The minimum absolute atomic E-state index is 0.245. The predicted molar refractivity (Wildman–Crippen MR) is 69.5 cm³/mol. The van der Waals surface area contributed by atoms with Gasteiger partial charge in [0.05, 0.1) is 16.8 Å². The van der Waals surface area contributed by atoms with Gasteiger partial charge in [-0.1, -0.05) is 11.6 Å². The number of benzene rings is 1. The van der Waals surface area contributed by atoms with Crippen molar-refractivity contribution in [3.63, 3.8) is 0 Å². The molecular formula is C9H9ClIN5. The maximum absolute atomic E-state index is 6.14. The third-order valence-corrected chi connectivity index (χ3v) is 3.01. The van der Waals surface area contributed by atoms with Crippen LogP contribution >= 0.6 is 34.2 Å². The molecule has 0 amide bonds. The molecule has 0 bridgehead atoms. The average molecular weight is 350 g/mol. The number of hydrogen-bond acceptors (Lipinski definition) is 4. The summed E-state index contributed by atoms with van der Waals surface area (Å²) >= 11 is 8.33. The van der Waals surface area contributed by atoms with Crippen molar-refractivity contribution < 1.29 is 0 Å². The highest BCUT2D eigenvalue weighted by Crippen LogP contribution is 2.23. The Bertz CT molecular complexity index is 510. The summed E-state index contributed by atoms with van der Waals surface area (Å²) in [5, 5.41) is 12.0. The first-order chi connectivity index (χ1) is 7.59. The van der Waals surface area contributed by atoms with Gasteiger partial charge in [0.2, 0.25) is 0 Å². The first-order valence-electron chi connectivity index (χ1n) is 4.59. The number of tetrazole rings is 1. The summed E-state index contributed by atoms with van der Waals surface area (Å²) in [7, 11) is 0. The van der Waals surface area contributed by atoms with Crippen molar-refractivity contribution in [2.75, 3.05) is 0 Å². The zero-order valence-electron chi connectivity index (χ0n) is 8.43. The van der Waals surface area contributed by atoms with Crippen molar-refractivity contribution >= 4 is 34.2 Å². The van der Waals surface area contributed by atoms with E-state index in [1.807, 2.05) is 25.1 Å². The Labute approximate surface area is 111 Å². The molecule has 1 aromatic heterocycles. The third-order valence-electron chi connectivity index (χ3n) is 2.04. The van der Waals surface area contributed by atoms with Gasteiger partial charge in [0.1, 0.15) is 0 Å². The van der Waals surface area contributed by atoms with Gasteiger partial charge in [-0.05, 0) is 58.1 Å². The van der Waals surface area contributed by atoms with Gasteiger partial charge in [-0.25, -0.2) is 0 Å². The number of halogens is 2. The molecule has 0 spiro atoms. The van der Waals surface area contributed by atoms with Gasteiger partial charge in [-0.15, -0.1) is 5.10 Å². The molecule has 2 aromatic rings. The maximum Gasteiger partial charge on any atom is 0.173 e. The van der Waals surface area contributed by atoms with Crippen LogP contribution in [0.3, 0.4) is 0 Å². The van der Waals surface area contributed by atoms with Crippen LogP contribution in [-0.2, 0) is 0 Å². The Morgan fingerprint density at radius 2 is 2.25 bits per heavy atom. The normalized spacial score (nSPS) is 12.8. The minimum atomic E-state index is -0.245. The molecule has 2 N–H and O–H groups in total. The van der Waals surface area contributed by atoms with Crippen LogP contribution in [0.25, 0.3) is 5.69 Å². The van der Waals surface area contributed by atoms with Gasteiger partial charge in [0.25, 0.3) is 0 Å². The van der Waals surface area contributed by atoms with Crippen LogP contribution in [0.4, 0.5) is 0 Å². The van der Waals surface area contributed by atoms with E-state index in [9.17, 15) is 0 Å². The lowest BCUT2D eigenvalue weighted by Gasteiger charge is -2.08. The van der Waals surface area contributed by atoms with E-state index in [0.29, 0.717) is 10.8 Å².